The minimum Gasteiger partial charge on any atom is -0.490 e. The Balaban J connectivity index is 1.51. The zero-order chi connectivity index (χ0) is 25.9. The van der Waals surface area contributed by atoms with Crippen LogP contribution in [0.25, 0.3) is 0 Å². The quantitative estimate of drug-likeness (QED) is 0.252. The van der Waals surface area contributed by atoms with E-state index in [9.17, 15) is 8.42 Å². The van der Waals surface area contributed by atoms with Gasteiger partial charge < -0.3 is 26.0 Å². The van der Waals surface area contributed by atoms with Crippen molar-refractivity contribution in [3.8, 4) is 5.75 Å². The first kappa shape index (κ1) is 25.4. The summed E-state index contributed by atoms with van der Waals surface area (Å²) in [5.74, 6) is 0.680. The molecule has 4 rings (SSSR count). The third-order valence-electron chi connectivity index (χ3n) is 6.62. The molecule has 2 aromatic rings. The number of ether oxygens (including phenoxy) is 1. The SMILES string of the molecule is C=CCN(c1ccc2c(c1)CN(C(=N)N)CC2)S(=O)(=O)c1ccc(OC2CCN(C(=N)N)CC2)cc1. The van der Waals surface area contributed by atoms with Crippen molar-refractivity contribution in [1.82, 2.24) is 9.80 Å². The van der Waals surface area contributed by atoms with Crippen LogP contribution in [0.5, 0.6) is 5.75 Å². The van der Waals surface area contributed by atoms with Crippen LogP contribution in [0.2, 0.25) is 0 Å². The second-order valence-electron chi connectivity index (χ2n) is 9.00. The average Bonchev–Trinajstić information content (AvgIpc) is 2.87. The number of nitrogens with zero attached hydrogens (tertiary/aromatic N) is 3. The second kappa shape index (κ2) is 10.5. The molecular weight excluding hydrogens is 478 g/mol. The van der Waals surface area contributed by atoms with Gasteiger partial charge >= 0.3 is 0 Å². The lowest BCUT2D eigenvalue weighted by atomic mass is 9.99. The fraction of sp³-hybridized carbons (Fsp3) is 0.360. The highest BCUT2D eigenvalue weighted by atomic mass is 32.2. The summed E-state index contributed by atoms with van der Waals surface area (Å²) in [6.45, 7) is 6.32. The van der Waals surface area contributed by atoms with Gasteiger partial charge in [-0.3, -0.25) is 15.1 Å². The maximum Gasteiger partial charge on any atom is 0.264 e. The number of rotatable bonds is 7. The van der Waals surface area contributed by atoms with Crippen LogP contribution in [-0.4, -0.2) is 62.4 Å². The molecule has 36 heavy (non-hydrogen) atoms. The molecule has 0 saturated carbocycles. The third-order valence-corrected chi connectivity index (χ3v) is 8.43. The van der Waals surface area contributed by atoms with Crippen molar-refractivity contribution in [2.75, 3.05) is 30.5 Å². The number of guanidine groups is 2. The smallest absolute Gasteiger partial charge is 0.264 e. The van der Waals surface area contributed by atoms with E-state index in [1.165, 1.54) is 4.31 Å². The van der Waals surface area contributed by atoms with E-state index in [0.29, 0.717) is 37.6 Å². The minimum atomic E-state index is -3.86. The summed E-state index contributed by atoms with van der Waals surface area (Å²) in [7, 11) is -3.86. The number of piperidine rings is 1. The van der Waals surface area contributed by atoms with E-state index in [4.69, 9.17) is 27.0 Å². The fourth-order valence-electron chi connectivity index (χ4n) is 4.59. The monoisotopic (exact) mass is 511 g/mol. The number of fused-ring (bicyclic) bond motifs is 1. The van der Waals surface area contributed by atoms with E-state index in [-0.39, 0.29) is 29.5 Å². The lowest BCUT2D eigenvalue weighted by molar-refractivity contribution is 0.130. The summed E-state index contributed by atoms with van der Waals surface area (Å²) in [4.78, 5) is 3.73. The highest BCUT2D eigenvalue weighted by Gasteiger charge is 2.27. The molecule has 1 fully saturated rings. The Kier molecular flexibility index (Phi) is 7.39. The molecule has 10 nitrogen and oxygen atoms in total. The Morgan fingerprint density at radius 2 is 1.69 bits per heavy atom. The number of likely N-dealkylation sites (tertiary alicyclic amines) is 1. The Morgan fingerprint density at radius 3 is 2.31 bits per heavy atom. The maximum absolute atomic E-state index is 13.6. The molecule has 0 amide bonds. The Bertz CT molecular complexity index is 1240. The number of hydrogen-bond donors (Lipinski definition) is 4. The highest BCUT2D eigenvalue weighted by molar-refractivity contribution is 7.92. The van der Waals surface area contributed by atoms with Crippen molar-refractivity contribution in [2.24, 2.45) is 11.5 Å². The number of nitrogens with two attached hydrogens (primary N) is 2. The van der Waals surface area contributed by atoms with Gasteiger partial charge in [0.05, 0.1) is 17.1 Å². The standard InChI is InChI=1S/C25H33N7O3S/c1-2-12-32(20-4-3-18-9-13-31(25(28)29)17-19(18)16-20)36(33,34)23-7-5-21(6-8-23)35-22-10-14-30(15-11-22)24(26)27/h2-8,16,22H,1,9-15,17H2,(H3,26,27)(H3,28,29). The van der Waals surface area contributed by atoms with Gasteiger partial charge in [0, 0.05) is 39.0 Å². The van der Waals surface area contributed by atoms with Crippen LogP contribution in [0.15, 0.2) is 60.0 Å². The predicted molar refractivity (Wildman–Crippen MR) is 141 cm³/mol. The van der Waals surface area contributed by atoms with Crippen molar-refractivity contribution < 1.29 is 13.2 Å². The van der Waals surface area contributed by atoms with E-state index < -0.39 is 10.0 Å². The molecule has 0 aromatic heterocycles. The third kappa shape index (κ3) is 5.40. The average molecular weight is 512 g/mol. The highest BCUT2D eigenvalue weighted by Crippen LogP contribution is 2.30. The molecular formula is C25H33N7O3S. The van der Waals surface area contributed by atoms with Crippen LogP contribution in [0.4, 0.5) is 5.69 Å². The van der Waals surface area contributed by atoms with E-state index >= 15 is 0 Å². The summed E-state index contributed by atoms with van der Waals surface area (Å²) < 4.78 is 34.6. The van der Waals surface area contributed by atoms with Crippen LogP contribution < -0.4 is 20.5 Å². The molecule has 2 aliphatic heterocycles. The first-order chi connectivity index (χ1) is 17.2. The Hall–Kier alpha value is -3.73. The summed E-state index contributed by atoms with van der Waals surface area (Å²) in [5, 5.41) is 15.3. The second-order valence-corrected chi connectivity index (χ2v) is 10.9. The van der Waals surface area contributed by atoms with Crippen LogP contribution in [0.1, 0.15) is 24.0 Å². The number of benzene rings is 2. The van der Waals surface area contributed by atoms with Gasteiger partial charge in [0.2, 0.25) is 0 Å². The largest absolute Gasteiger partial charge is 0.490 e. The first-order valence-electron chi connectivity index (χ1n) is 11.9. The van der Waals surface area contributed by atoms with Gasteiger partial charge in [0.25, 0.3) is 10.0 Å². The van der Waals surface area contributed by atoms with Crippen LogP contribution in [0.3, 0.4) is 0 Å². The topological polar surface area (TPSA) is 153 Å². The van der Waals surface area contributed by atoms with Gasteiger partial charge in [-0.05, 0) is 53.9 Å². The molecule has 0 unspecified atom stereocenters. The number of sulfonamides is 1. The van der Waals surface area contributed by atoms with Gasteiger partial charge in [-0.25, -0.2) is 8.42 Å². The van der Waals surface area contributed by atoms with Gasteiger partial charge in [-0.2, -0.15) is 0 Å². The van der Waals surface area contributed by atoms with E-state index in [1.807, 2.05) is 23.1 Å². The van der Waals surface area contributed by atoms with Crippen molar-refractivity contribution >= 4 is 27.6 Å². The van der Waals surface area contributed by atoms with Gasteiger partial charge in [0.15, 0.2) is 11.9 Å². The molecule has 6 N–H and O–H groups in total. The van der Waals surface area contributed by atoms with Gasteiger partial charge in [-0.15, -0.1) is 6.58 Å². The molecule has 0 atom stereocenters. The number of nitrogens with one attached hydrogen (secondary N) is 2. The summed E-state index contributed by atoms with van der Waals surface area (Å²) in [6, 6.07) is 12.1. The predicted octanol–water partition coefficient (Wildman–Crippen LogP) is 2.06. The zero-order valence-electron chi connectivity index (χ0n) is 20.2. The van der Waals surface area contributed by atoms with Gasteiger partial charge in [-0.1, -0.05) is 12.1 Å². The van der Waals surface area contributed by atoms with Crippen LogP contribution in [-0.2, 0) is 23.0 Å². The fourth-order valence-corrected chi connectivity index (χ4v) is 6.02. The van der Waals surface area contributed by atoms with Crippen molar-refractivity contribution in [2.45, 2.75) is 36.8 Å². The molecule has 11 heteroatoms. The van der Waals surface area contributed by atoms with Crippen molar-refractivity contribution in [1.29, 1.82) is 10.8 Å². The van der Waals surface area contributed by atoms with E-state index in [1.54, 1.807) is 35.2 Å². The van der Waals surface area contributed by atoms with E-state index in [2.05, 4.69) is 6.58 Å². The summed E-state index contributed by atoms with van der Waals surface area (Å²) in [5.41, 5.74) is 13.8. The molecule has 0 aliphatic carbocycles. The van der Waals surface area contributed by atoms with E-state index in [0.717, 1.165) is 30.4 Å². The Morgan fingerprint density at radius 1 is 1.03 bits per heavy atom. The minimum absolute atomic E-state index is 0.00772. The normalized spacial score (nSPS) is 16.2. The number of hydrogen-bond acceptors (Lipinski definition) is 5. The van der Waals surface area contributed by atoms with Crippen molar-refractivity contribution in [3.05, 3.63) is 66.2 Å². The summed E-state index contributed by atoms with van der Waals surface area (Å²) >= 11 is 0. The zero-order valence-corrected chi connectivity index (χ0v) is 21.0. The van der Waals surface area contributed by atoms with Gasteiger partial charge in [0.1, 0.15) is 11.9 Å². The molecule has 1 saturated heterocycles. The Labute approximate surface area is 212 Å². The van der Waals surface area contributed by atoms with Crippen LogP contribution >= 0.6 is 0 Å². The summed E-state index contributed by atoms with van der Waals surface area (Å²) in [6.07, 6.45) is 3.78. The number of anilines is 1. The molecule has 2 aliphatic rings. The molecule has 2 aromatic carbocycles. The molecule has 0 bridgehead atoms. The van der Waals surface area contributed by atoms with Crippen LogP contribution in [0, 0.1) is 10.8 Å². The molecule has 192 valence electrons. The molecule has 2 heterocycles. The van der Waals surface area contributed by atoms with Crippen molar-refractivity contribution in [3.63, 3.8) is 0 Å². The lowest BCUT2D eigenvalue weighted by Crippen LogP contribution is -2.44. The molecule has 0 radical (unpaired) electrons. The first-order valence-corrected chi connectivity index (χ1v) is 13.3. The molecule has 0 spiro atoms. The maximum atomic E-state index is 13.6. The lowest BCUT2D eigenvalue weighted by Gasteiger charge is -2.32.